The van der Waals surface area contributed by atoms with Gasteiger partial charge in [0.2, 0.25) is 0 Å². The Hall–Kier alpha value is -0.970. The van der Waals surface area contributed by atoms with Crippen molar-refractivity contribution in [2.75, 3.05) is 6.54 Å². The van der Waals surface area contributed by atoms with E-state index in [1.165, 1.54) is 0 Å². The van der Waals surface area contributed by atoms with Gasteiger partial charge < -0.3 is 15.1 Å². The molecule has 0 aliphatic carbocycles. The molecule has 19 heavy (non-hydrogen) atoms. The van der Waals surface area contributed by atoms with Crippen molar-refractivity contribution in [2.45, 2.75) is 39.0 Å². The van der Waals surface area contributed by atoms with Gasteiger partial charge in [-0.15, -0.1) is 0 Å². The predicted octanol–water partition coefficient (Wildman–Crippen LogP) is 2.14. The first kappa shape index (κ1) is 14.4. The first-order chi connectivity index (χ1) is 8.82. The van der Waals surface area contributed by atoms with E-state index in [4.69, 9.17) is 12.2 Å². The van der Waals surface area contributed by atoms with Crippen LogP contribution in [0.25, 0.3) is 0 Å². The molecule has 0 radical (unpaired) electrons. The maximum Gasteiger partial charge on any atom is 0.102 e. The van der Waals surface area contributed by atoms with Crippen LogP contribution in [0, 0.1) is 5.41 Å². The molecule has 1 aliphatic rings. The average molecular weight is 279 g/mol. The van der Waals surface area contributed by atoms with Gasteiger partial charge in [-0.05, 0) is 5.56 Å². The largest absolute Gasteiger partial charge is 0.389 e. The summed E-state index contributed by atoms with van der Waals surface area (Å²) in [5.74, 6) is 0. The van der Waals surface area contributed by atoms with Gasteiger partial charge in [0.05, 0.1) is 17.1 Å². The second kappa shape index (κ2) is 5.19. The Bertz CT molecular complexity index is 455. The second-order valence-electron chi connectivity index (χ2n) is 6.12. The molecule has 3 nitrogen and oxygen atoms in total. The van der Waals surface area contributed by atoms with Crippen LogP contribution in [-0.4, -0.2) is 38.8 Å². The van der Waals surface area contributed by atoms with Crippen LogP contribution in [0.2, 0.25) is 0 Å². The molecule has 4 heteroatoms. The SMILES string of the molecule is CC(C)(C)C(=S)N1C[C@@H](O)[C@@H]1[C@@H](O)c1ccccc1. The number of benzene rings is 1. The predicted molar refractivity (Wildman–Crippen MR) is 80.0 cm³/mol. The smallest absolute Gasteiger partial charge is 0.102 e. The maximum absolute atomic E-state index is 10.4. The molecule has 104 valence electrons. The minimum absolute atomic E-state index is 0.135. The Morgan fingerprint density at radius 3 is 2.37 bits per heavy atom. The third kappa shape index (κ3) is 2.81. The molecule has 1 aromatic rings. The minimum Gasteiger partial charge on any atom is -0.389 e. The van der Waals surface area contributed by atoms with Gasteiger partial charge in [0.1, 0.15) is 6.10 Å². The molecule has 1 aromatic carbocycles. The van der Waals surface area contributed by atoms with Crippen LogP contribution in [0.3, 0.4) is 0 Å². The Morgan fingerprint density at radius 2 is 1.89 bits per heavy atom. The zero-order valence-corrected chi connectivity index (χ0v) is 12.4. The zero-order valence-electron chi connectivity index (χ0n) is 11.6. The van der Waals surface area contributed by atoms with E-state index >= 15 is 0 Å². The number of hydrogen-bond acceptors (Lipinski definition) is 3. The molecule has 0 saturated carbocycles. The Labute approximate surface area is 119 Å². The van der Waals surface area contributed by atoms with E-state index in [1.807, 2.05) is 56.0 Å². The lowest BCUT2D eigenvalue weighted by Crippen LogP contribution is -2.65. The lowest BCUT2D eigenvalue weighted by molar-refractivity contribution is -0.0814. The van der Waals surface area contributed by atoms with Crippen molar-refractivity contribution in [2.24, 2.45) is 5.41 Å². The fourth-order valence-corrected chi connectivity index (χ4v) is 2.57. The number of hydrogen-bond donors (Lipinski definition) is 2. The van der Waals surface area contributed by atoms with Crippen LogP contribution >= 0.6 is 12.2 Å². The van der Waals surface area contributed by atoms with Gasteiger partial charge in [-0.25, -0.2) is 0 Å². The molecule has 1 heterocycles. The lowest BCUT2D eigenvalue weighted by Gasteiger charge is -2.51. The van der Waals surface area contributed by atoms with Crippen molar-refractivity contribution in [1.29, 1.82) is 0 Å². The number of aliphatic hydroxyl groups excluding tert-OH is 2. The number of nitrogens with zero attached hydrogens (tertiary/aromatic N) is 1. The molecule has 0 spiro atoms. The molecular formula is C15H21NO2S. The summed E-state index contributed by atoms with van der Waals surface area (Å²) in [5, 5.41) is 20.4. The molecule has 3 atom stereocenters. The molecule has 0 bridgehead atoms. The van der Waals surface area contributed by atoms with Crippen molar-refractivity contribution >= 4 is 17.2 Å². The summed E-state index contributed by atoms with van der Waals surface area (Å²) in [6.45, 7) is 6.65. The zero-order chi connectivity index (χ0) is 14.2. The van der Waals surface area contributed by atoms with Gasteiger partial charge >= 0.3 is 0 Å². The molecular weight excluding hydrogens is 258 g/mol. The van der Waals surface area contributed by atoms with Crippen LogP contribution in [0.5, 0.6) is 0 Å². The van der Waals surface area contributed by atoms with Crippen molar-refractivity contribution in [3.05, 3.63) is 35.9 Å². The van der Waals surface area contributed by atoms with E-state index in [9.17, 15) is 10.2 Å². The summed E-state index contributed by atoms with van der Waals surface area (Å²) < 4.78 is 0. The van der Waals surface area contributed by atoms with Gasteiger partial charge in [0.15, 0.2) is 0 Å². The minimum atomic E-state index is -0.717. The molecule has 2 rings (SSSR count). The van der Waals surface area contributed by atoms with Crippen molar-refractivity contribution in [3.63, 3.8) is 0 Å². The Balaban J connectivity index is 2.17. The molecule has 0 unspecified atom stereocenters. The van der Waals surface area contributed by atoms with E-state index in [2.05, 4.69) is 0 Å². The molecule has 1 aliphatic heterocycles. The van der Waals surface area contributed by atoms with E-state index in [0.717, 1.165) is 10.6 Å². The Kier molecular flexibility index (Phi) is 3.95. The maximum atomic E-state index is 10.4. The first-order valence-electron chi connectivity index (χ1n) is 6.54. The van der Waals surface area contributed by atoms with Gasteiger partial charge in [0, 0.05) is 12.0 Å². The van der Waals surface area contributed by atoms with Crippen molar-refractivity contribution in [3.8, 4) is 0 Å². The number of thiocarbonyl (C=S) groups is 1. The number of aliphatic hydroxyl groups is 2. The van der Waals surface area contributed by atoms with Crippen molar-refractivity contribution < 1.29 is 10.2 Å². The molecule has 1 saturated heterocycles. The fourth-order valence-electron chi connectivity index (χ4n) is 2.38. The van der Waals surface area contributed by atoms with Crippen LogP contribution in [0.4, 0.5) is 0 Å². The summed E-state index contributed by atoms with van der Waals surface area (Å²) in [4.78, 5) is 2.73. The van der Waals surface area contributed by atoms with E-state index in [0.29, 0.717) is 6.54 Å². The highest BCUT2D eigenvalue weighted by Crippen LogP contribution is 2.34. The van der Waals surface area contributed by atoms with Crippen LogP contribution in [0.15, 0.2) is 30.3 Å². The summed E-state index contributed by atoms with van der Waals surface area (Å²) in [7, 11) is 0. The van der Waals surface area contributed by atoms with Crippen LogP contribution in [0.1, 0.15) is 32.4 Å². The molecule has 0 aromatic heterocycles. The highest BCUT2D eigenvalue weighted by molar-refractivity contribution is 7.80. The van der Waals surface area contributed by atoms with Crippen LogP contribution < -0.4 is 0 Å². The van der Waals surface area contributed by atoms with Gasteiger partial charge in [0.25, 0.3) is 0 Å². The van der Waals surface area contributed by atoms with Gasteiger partial charge in [-0.3, -0.25) is 0 Å². The fraction of sp³-hybridized carbons (Fsp3) is 0.533. The monoisotopic (exact) mass is 279 g/mol. The summed E-state index contributed by atoms with van der Waals surface area (Å²) in [6.07, 6.45) is -1.25. The molecule has 1 fully saturated rings. The molecule has 0 amide bonds. The van der Waals surface area contributed by atoms with Crippen LogP contribution in [-0.2, 0) is 0 Å². The van der Waals surface area contributed by atoms with E-state index < -0.39 is 12.2 Å². The summed E-state index contributed by atoms with van der Waals surface area (Å²) in [5.41, 5.74) is 0.678. The second-order valence-corrected chi connectivity index (χ2v) is 6.51. The van der Waals surface area contributed by atoms with Gasteiger partial charge in [-0.2, -0.15) is 0 Å². The summed E-state index contributed by atoms with van der Waals surface area (Å²) >= 11 is 5.47. The third-order valence-electron chi connectivity index (χ3n) is 3.50. The quantitative estimate of drug-likeness (QED) is 0.814. The van der Waals surface area contributed by atoms with E-state index in [-0.39, 0.29) is 11.5 Å². The number of β-amino-alcohol motifs (C(OH)–C–C–N with tert-alkyl or cyclic N) is 1. The van der Waals surface area contributed by atoms with E-state index in [1.54, 1.807) is 0 Å². The third-order valence-corrected chi connectivity index (χ3v) is 4.35. The topological polar surface area (TPSA) is 43.7 Å². The normalized spacial score (nSPS) is 24.8. The summed E-state index contributed by atoms with van der Waals surface area (Å²) in [6, 6.07) is 9.08. The number of likely N-dealkylation sites (tertiary alicyclic amines) is 1. The lowest BCUT2D eigenvalue weighted by atomic mass is 9.85. The van der Waals surface area contributed by atoms with Crippen molar-refractivity contribution in [1.82, 2.24) is 4.90 Å². The van der Waals surface area contributed by atoms with Gasteiger partial charge in [-0.1, -0.05) is 63.3 Å². The number of rotatable bonds is 2. The first-order valence-corrected chi connectivity index (χ1v) is 6.95. The molecule has 2 N–H and O–H groups in total. The highest BCUT2D eigenvalue weighted by Gasteiger charge is 2.46. The highest BCUT2D eigenvalue weighted by atomic mass is 32.1. The average Bonchev–Trinajstić information content (AvgIpc) is 2.34. The standard InChI is InChI=1S/C15H21NO2S/c1-15(2,3)14(19)16-9-11(17)12(16)13(18)10-7-5-4-6-8-10/h4-8,11-13,17-18H,9H2,1-3H3/t11-,12-,13+/m1/s1. The Morgan fingerprint density at radius 1 is 1.32 bits per heavy atom.